The Labute approximate surface area is 191 Å². The van der Waals surface area contributed by atoms with Gasteiger partial charge in [-0.1, -0.05) is 48.5 Å². The molecule has 3 aliphatic rings. The van der Waals surface area contributed by atoms with Crippen LogP contribution in [0.1, 0.15) is 29.5 Å². The third-order valence-electron chi connectivity index (χ3n) is 7.22. The summed E-state index contributed by atoms with van der Waals surface area (Å²) in [4.78, 5) is 53.4. The highest BCUT2D eigenvalue weighted by molar-refractivity contribution is 6.15. The van der Waals surface area contributed by atoms with E-state index in [9.17, 15) is 19.2 Å². The molecule has 2 fully saturated rings. The van der Waals surface area contributed by atoms with Gasteiger partial charge < -0.3 is 11.1 Å². The predicted molar refractivity (Wildman–Crippen MR) is 121 cm³/mol. The molecule has 4 N–H and O–H groups in total. The van der Waals surface area contributed by atoms with Crippen LogP contribution < -0.4 is 16.4 Å². The maximum Gasteiger partial charge on any atom is 0.250 e. The number of fused-ring (bicyclic) bond motifs is 4. The zero-order chi connectivity index (χ0) is 23.3. The monoisotopic (exact) mass is 446 g/mol. The van der Waals surface area contributed by atoms with E-state index < -0.39 is 29.3 Å². The lowest BCUT2D eigenvalue weighted by molar-refractivity contribution is -0.142. The maximum atomic E-state index is 13.7. The summed E-state index contributed by atoms with van der Waals surface area (Å²) in [7, 11) is 0. The third-order valence-corrected chi connectivity index (χ3v) is 7.22. The molecular formula is C25H26N4O4. The molecule has 1 spiro atoms. The van der Waals surface area contributed by atoms with Crippen LogP contribution in [-0.2, 0) is 31.1 Å². The molecule has 0 saturated carbocycles. The number of primary amides is 1. The number of imide groups is 1. The van der Waals surface area contributed by atoms with Crippen molar-refractivity contribution >= 4 is 29.3 Å². The summed E-state index contributed by atoms with van der Waals surface area (Å²) in [6, 6.07) is 14.7. The molecule has 5 rings (SSSR count). The van der Waals surface area contributed by atoms with Crippen LogP contribution in [0.25, 0.3) is 0 Å². The van der Waals surface area contributed by atoms with Crippen molar-refractivity contribution in [1.29, 1.82) is 0 Å². The summed E-state index contributed by atoms with van der Waals surface area (Å²) in [6.07, 6.45) is 0.870. The minimum absolute atomic E-state index is 0.0603. The molecule has 0 aliphatic carbocycles. The molecule has 0 unspecified atom stereocenters. The number of nitrogens with one attached hydrogen (secondary N) is 2. The molecule has 4 amide bonds. The molecule has 33 heavy (non-hydrogen) atoms. The standard InChI is InChI=1S/C25H26N4O4/c1-14-6-5-9-16-21(14)27-24(33)25(16)20-19(17(28-25)10-11-18(26)30)22(31)29(23(20)32)13-12-15-7-3-2-4-8-15/h2-9,17,19-20,28H,10-13H2,1H3,(H2,26,30)(H,27,33)/t17-,19-,20+,25+/m1/s1. The van der Waals surface area contributed by atoms with E-state index in [1.807, 2.05) is 55.5 Å². The predicted octanol–water partition coefficient (Wildman–Crippen LogP) is 1.22. The smallest absolute Gasteiger partial charge is 0.250 e. The second-order valence-corrected chi connectivity index (χ2v) is 9.08. The zero-order valence-electron chi connectivity index (χ0n) is 18.3. The highest BCUT2D eigenvalue weighted by atomic mass is 16.2. The van der Waals surface area contributed by atoms with Gasteiger partial charge in [-0.3, -0.25) is 29.4 Å². The summed E-state index contributed by atoms with van der Waals surface area (Å²) >= 11 is 0. The lowest BCUT2D eigenvalue weighted by Gasteiger charge is -2.29. The van der Waals surface area contributed by atoms with Crippen molar-refractivity contribution in [1.82, 2.24) is 10.2 Å². The molecule has 0 radical (unpaired) electrons. The topological polar surface area (TPSA) is 122 Å². The largest absolute Gasteiger partial charge is 0.370 e. The maximum absolute atomic E-state index is 13.7. The number of carbonyl (C=O) groups is 4. The van der Waals surface area contributed by atoms with Gasteiger partial charge in [-0.25, -0.2) is 0 Å². The minimum Gasteiger partial charge on any atom is -0.370 e. The first-order chi connectivity index (χ1) is 15.8. The fourth-order valence-electron chi connectivity index (χ4n) is 5.69. The number of benzene rings is 2. The first-order valence-electron chi connectivity index (χ1n) is 11.2. The van der Waals surface area contributed by atoms with E-state index >= 15 is 0 Å². The van der Waals surface area contributed by atoms with Gasteiger partial charge in [0, 0.05) is 30.3 Å². The number of rotatable bonds is 6. The summed E-state index contributed by atoms with van der Waals surface area (Å²) in [6.45, 7) is 2.14. The molecule has 0 bridgehead atoms. The first-order valence-corrected chi connectivity index (χ1v) is 11.2. The molecule has 3 heterocycles. The van der Waals surface area contributed by atoms with Crippen LogP contribution in [0.5, 0.6) is 0 Å². The van der Waals surface area contributed by atoms with Gasteiger partial charge in [-0.05, 0) is 30.9 Å². The Morgan fingerprint density at radius 3 is 2.55 bits per heavy atom. The van der Waals surface area contributed by atoms with Gasteiger partial charge in [0.05, 0.1) is 11.8 Å². The summed E-state index contributed by atoms with van der Waals surface area (Å²) < 4.78 is 0. The number of carbonyl (C=O) groups excluding carboxylic acids is 4. The molecule has 2 aromatic carbocycles. The molecule has 0 aromatic heterocycles. The van der Waals surface area contributed by atoms with E-state index in [1.165, 1.54) is 4.90 Å². The van der Waals surface area contributed by atoms with Gasteiger partial charge in [-0.2, -0.15) is 0 Å². The van der Waals surface area contributed by atoms with Crippen LogP contribution in [0.15, 0.2) is 48.5 Å². The molecule has 170 valence electrons. The Kier molecular flexibility index (Phi) is 5.05. The van der Waals surface area contributed by atoms with E-state index in [2.05, 4.69) is 10.6 Å². The Morgan fingerprint density at radius 2 is 1.82 bits per heavy atom. The van der Waals surface area contributed by atoms with Crippen LogP contribution in [0.4, 0.5) is 5.69 Å². The number of para-hydroxylation sites is 1. The lowest BCUT2D eigenvalue weighted by atomic mass is 9.76. The van der Waals surface area contributed by atoms with Crippen LogP contribution in [-0.4, -0.2) is 41.1 Å². The summed E-state index contributed by atoms with van der Waals surface area (Å²) in [5.41, 5.74) is 7.28. The van der Waals surface area contributed by atoms with Crippen LogP contribution in [0.2, 0.25) is 0 Å². The average molecular weight is 447 g/mol. The van der Waals surface area contributed by atoms with Crippen LogP contribution in [0.3, 0.4) is 0 Å². The van der Waals surface area contributed by atoms with E-state index in [4.69, 9.17) is 5.73 Å². The van der Waals surface area contributed by atoms with Crippen LogP contribution in [0, 0.1) is 18.8 Å². The first kappa shape index (κ1) is 21.3. The van der Waals surface area contributed by atoms with Gasteiger partial charge in [0.15, 0.2) is 0 Å². The van der Waals surface area contributed by atoms with Gasteiger partial charge in [0.2, 0.25) is 23.6 Å². The Hall–Kier alpha value is -3.52. The lowest BCUT2D eigenvalue weighted by Crippen LogP contribution is -2.53. The molecule has 8 heteroatoms. The molecular weight excluding hydrogens is 420 g/mol. The van der Waals surface area contributed by atoms with Crippen molar-refractivity contribution < 1.29 is 19.2 Å². The number of hydrogen-bond donors (Lipinski definition) is 3. The number of hydrogen-bond acceptors (Lipinski definition) is 5. The van der Waals surface area contributed by atoms with Crippen LogP contribution >= 0.6 is 0 Å². The van der Waals surface area contributed by atoms with Crippen molar-refractivity contribution in [3.05, 3.63) is 65.2 Å². The molecule has 8 nitrogen and oxygen atoms in total. The second-order valence-electron chi connectivity index (χ2n) is 9.08. The zero-order valence-corrected chi connectivity index (χ0v) is 18.3. The number of likely N-dealkylation sites (tertiary alicyclic amines) is 1. The summed E-state index contributed by atoms with van der Waals surface area (Å²) in [5.74, 6) is -3.08. The Balaban J connectivity index is 1.53. The molecule has 2 saturated heterocycles. The fourth-order valence-corrected chi connectivity index (χ4v) is 5.69. The third kappa shape index (κ3) is 3.16. The highest BCUT2D eigenvalue weighted by Crippen LogP contribution is 2.54. The Morgan fingerprint density at radius 1 is 1.06 bits per heavy atom. The number of nitrogens with two attached hydrogens (primary N) is 1. The number of nitrogens with zero attached hydrogens (tertiary/aromatic N) is 1. The quantitative estimate of drug-likeness (QED) is 0.576. The van der Waals surface area contributed by atoms with E-state index in [0.717, 1.165) is 11.1 Å². The van der Waals surface area contributed by atoms with E-state index in [0.29, 0.717) is 17.7 Å². The normalized spacial score (nSPS) is 27.7. The Bertz CT molecular complexity index is 1160. The van der Waals surface area contributed by atoms with Crippen molar-refractivity contribution in [2.45, 2.75) is 37.8 Å². The van der Waals surface area contributed by atoms with Gasteiger partial charge in [0.25, 0.3) is 0 Å². The molecule has 4 atom stereocenters. The molecule has 3 aliphatic heterocycles. The van der Waals surface area contributed by atoms with Crippen molar-refractivity contribution in [3.8, 4) is 0 Å². The van der Waals surface area contributed by atoms with E-state index in [-0.39, 0.29) is 37.1 Å². The highest BCUT2D eigenvalue weighted by Gasteiger charge is 2.70. The average Bonchev–Trinajstić information content (AvgIpc) is 3.38. The van der Waals surface area contributed by atoms with Crippen molar-refractivity contribution in [2.75, 3.05) is 11.9 Å². The SMILES string of the molecule is Cc1cccc2c1NC(=O)[C@]21N[C@H](CCC(N)=O)[C@H]2C(=O)N(CCc3ccccc3)C(=O)[C@H]21. The second kappa shape index (κ2) is 7.81. The van der Waals surface area contributed by atoms with E-state index in [1.54, 1.807) is 0 Å². The van der Waals surface area contributed by atoms with Crippen molar-refractivity contribution in [3.63, 3.8) is 0 Å². The number of anilines is 1. The van der Waals surface area contributed by atoms with Gasteiger partial charge in [0.1, 0.15) is 5.54 Å². The number of amides is 4. The summed E-state index contributed by atoms with van der Waals surface area (Å²) in [5, 5.41) is 6.25. The minimum atomic E-state index is -1.34. The van der Waals surface area contributed by atoms with Crippen molar-refractivity contribution in [2.24, 2.45) is 17.6 Å². The van der Waals surface area contributed by atoms with Gasteiger partial charge in [-0.15, -0.1) is 0 Å². The fraction of sp³-hybridized carbons (Fsp3) is 0.360. The number of aryl methyl sites for hydroxylation is 1. The van der Waals surface area contributed by atoms with Gasteiger partial charge >= 0.3 is 0 Å². The molecule has 2 aromatic rings.